The number of halogens is 3. The van der Waals surface area contributed by atoms with Crippen LogP contribution in [0.2, 0.25) is 0 Å². The second-order valence-corrected chi connectivity index (χ2v) is 9.13. The van der Waals surface area contributed by atoms with E-state index in [1.54, 1.807) is 25.4 Å². The minimum atomic E-state index is -4.50. The van der Waals surface area contributed by atoms with Gasteiger partial charge >= 0.3 is 6.18 Å². The van der Waals surface area contributed by atoms with Crippen LogP contribution in [0.5, 0.6) is 5.88 Å². The van der Waals surface area contributed by atoms with Crippen molar-refractivity contribution in [3.63, 3.8) is 0 Å². The van der Waals surface area contributed by atoms with Crippen molar-refractivity contribution in [3.8, 4) is 28.5 Å². The van der Waals surface area contributed by atoms with E-state index in [-0.39, 0.29) is 5.82 Å². The third-order valence-corrected chi connectivity index (χ3v) is 6.70. The van der Waals surface area contributed by atoms with E-state index in [9.17, 15) is 13.2 Å². The van der Waals surface area contributed by atoms with Gasteiger partial charge < -0.3 is 14.2 Å². The van der Waals surface area contributed by atoms with Crippen molar-refractivity contribution in [2.45, 2.75) is 38.0 Å². The van der Waals surface area contributed by atoms with E-state index in [0.717, 1.165) is 47.2 Å². The van der Waals surface area contributed by atoms with Crippen LogP contribution in [0.4, 0.5) is 19.0 Å². The number of imidazole rings is 1. The minimum absolute atomic E-state index is 0.210. The van der Waals surface area contributed by atoms with Gasteiger partial charge in [0.25, 0.3) is 0 Å². The first-order chi connectivity index (χ1) is 17.2. The van der Waals surface area contributed by atoms with Crippen LogP contribution < -0.4 is 9.64 Å². The van der Waals surface area contributed by atoms with Crippen molar-refractivity contribution in [3.05, 3.63) is 53.5 Å². The number of rotatable bonds is 5. The molecule has 0 aromatic carbocycles. The number of ether oxygens (including phenoxy) is 1. The van der Waals surface area contributed by atoms with Crippen molar-refractivity contribution in [2.24, 2.45) is 14.1 Å². The second kappa shape index (κ2) is 8.04. The Balaban J connectivity index is 1.30. The van der Waals surface area contributed by atoms with Crippen LogP contribution in [0, 0.1) is 0 Å². The molecule has 1 aliphatic heterocycles. The molecule has 5 heterocycles. The zero-order valence-electron chi connectivity index (χ0n) is 19.9. The number of hydrogen-bond donors (Lipinski definition) is 0. The van der Waals surface area contributed by atoms with Crippen molar-refractivity contribution in [1.29, 1.82) is 0 Å². The van der Waals surface area contributed by atoms with Crippen LogP contribution in [0.1, 0.15) is 41.4 Å². The summed E-state index contributed by atoms with van der Waals surface area (Å²) in [6, 6.07) is 3.55. The van der Waals surface area contributed by atoms with E-state index in [1.807, 2.05) is 11.7 Å². The van der Waals surface area contributed by atoms with E-state index in [0.29, 0.717) is 36.3 Å². The Kier molecular flexibility index (Phi) is 5.02. The fourth-order valence-electron chi connectivity index (χ4n) is 4.76. The summed E-state index contributed by atoms with van der Waals surface area (Å²) < 4.78 is 48.0. The molecule has 1 saturated carbocycles. The molecule has 36 heavy (non-hydrogen) atoms. The number of aryl methyl sites for hydroxylation is 2. The number of fused-ring (bicyclic) bond motifs is 1. The molecule has 1 fully saturated rings. The highest BCUT2D eigenvalue weighted by molar-refractivity contribution is 5.74. The highest BCUT2D eigenvalue weighted by Crippen LogP contribution is 2.47. The summed E-state index contributed by atoms with van der Waals surface area (Å²) in [7, 11) is 5.05. The van der Waals surface area contributed by atoms with Crippen LogP contribution in [0.3, 0.4) is 0 Å². The zero-order valence-corrected chi connectivity index (χ0v) is 19.9. The van der Waals surface area contributed by atoms with Gasteiger partial charge in [-0.05, 0) is 25.0 Å². The maximum Gasteiger partial charge on any atom is 0.434 e. The van der Waals surface area contributed by atoms with E-state index in [4.69, 9.17) is 9.84 Å². The fraction of sp³-hybridized carbons (Fsp3) is 0.375. The molecule has 6 rings (SSSR count). The third kappa shape index (κ3) is 3.67. The van der Waals surface area contributed by atoms with E-state index >= 15 is 0 Å². The lowest BCUT2D eigenvalue weighted by Gasteiger charge is -2.18. The smallest absolute Gasteiger partial charge is 0.434 e. The van der Waals surface area contributed by atoms with Crippen LogP contribution in [0.15, 0.2) is 30.9 Å². The molecular formula is C24H23F3N8O. The molecule has 0 bridgehead atoms. The lowest BCUT2D eigenvalue weighted by Crippen LogP contribution is -2.18. The van der Waals surface area contributed by atoms with Crippen LogP contribution in [-0.4, -0.2) is 41.4 Å². The second-order valence-electron chi connectivity index (χ2n) is 9.13. The first-order valence-electron chi connectivity index (χ1n) is 11.5. The number of aromatic nitrogens is 7. The molecule has 9 nitrogen and oxygen atoms in total. The molecule has 2 aliphatic rings. The summed E-state index contributed by atoms with van der Waals surface area (Å²) in [5.41, 5.74) is 4.34. The Labute approximate surface area is 204 Å². The molecular weight excluding hydrogens is 473 g/mol. The third-order valence-electron chi connectivity index (χ3n) is 6.70. The number of hydrogen-bond acceptors (Lipinski definition) is 7. The zero-order chi connectivity index (χ0) is 25.2. The predicted molar refractivity (Wildman–Crippen MR) is 124 cm³/mol. The molecule has 0 N–H and O–H groups in total. The summed E-state index contributed by atoms with van der Waals surface area (Å²) in [6.07, 6.45) is 1.75. The van der Waals surface area contributed by atoms with E-state index in [1.165, 1.54) is 17.9 Å². The van der Waals surface area contributed by atoms with E-state index < -0.39 is 11.9 Å². The monoisotopic (exact) mass is 496 g/mol. The van der Waals surface area contributed by atoms with Gasteiger partial charge in [0.05, 0.1) is 30.6 Å². The van der Waals surface area contributed by atoms with Gasteiger partial charge in [-0.15, -0.1) is 0 Å². The normalized spacial score (nSPS) is 15.4. The molecule has 1 aliphatic carbocycles. The molecule has 0 amide bonds. The average Bonchev–Trinajstić information content (AvgIpc) is 3.36. The first kappa shape index (κ1) is 22.5. The molecule has 0 saturated heterocycles. The average molecular weight is 496 g/mol. The number of alkyl halides is 3. The number of anilines is 1. The van der Waals surface area contributed by atoms with Gasteiger partial charge in [-0.2, -0.15) is 18.3 Å². The molecule has 0 spiro atoms. The van der Waals surface area contributed by atoms with Gasteiger partial charge in [-0.1, -0.05) is 0 Å². The van der Waals surface area contributed by atoms with Gasteiger partial charge in [0, 0.05) is 50.1 Å². The summed E-state index contributed by atoms with van der Waals surface area (Å²) in [4.78, 5) is 19.3. The summed E-state index contributed by atoms with van der Waals surface area (Å²) in [6.45, 7) is 1.17. The molecule has 0 unspecified atom stereocenters. The summed E-state index contributed by atoms with van der Waals surface area (Å²) in [5.74, 6) is 1.83. The van der Waals surface area contributed by atoms with Gasteiger partial charge in [-0.25, -0.2) is 19.9 Å². The van der Waals surface area contributed by atoms with Crippen LogP contribution in [0.25, 0.3) is 22.6 Å². The molecule has 4 aromatic heterocycles. The van der Waals surface area contributed by atoms with Gasteiger partial charge in [0.15, 0.2) is 5.69 Å². The van der Waals surface area contributed by atoms with Crippen molar-refractivity contribution < 1.29 is 17.9 Å². The Morgan fingerprint density at radius 3 is 2.50 bits per heavy atom. The molecule has 0 radical (unpaired) electrons. The molecule has 0 atom stereocenters. The van der Waals surface area contributed by atoms with Crippen molar-refractivity contribution in [1.82, 2.24) is 34.3 Å². The standard InChI is InChI=1S/C24H23F3N8O/c1-33-11-17(24(25,26)27)31-22(33)14-6-7-18(28-8-14)35-9-15-16(10-35)34(2)32-21(15)19-20(13-4-5-13)29-12-30-23(19)36-3/h6-8,11-13H,4-5,9-10H2,1-3H3. The number of nitrogens with zero attached hydrogens (tertiary/aromatic N) is 8. The lowest BCUT2D eigenvalue weighted by molar-refractivity contribution is -0.140. The Hall–Kier alpha value is -3.96. The van der Waals surface area contributed by atoms with Gasteiger partial charge in [0.1, 0.15) is 23.7 Å². The number of methoxy groups -OCH3 is 1. The Bertz CT molecular complexity index is 1450. The van der Waals surface area contributed by atoms with Gasteiger partial charge in [0.2, 0.25) is 5.88 Å². The largest absolute Gasteiger partial charge is 0.480 e. The minimum Gasteiger partial charge on any atom is -0.480 e. The quantitative estimate of drug-likeness (QED) is 0.411. The van der Waals surface area contributed by atoms with Gasteiger partial charge in [-0.3, -0.25) is 4.68 Å². The Morgan fingerprint density at radius 2 is 1.86 bits per heavy atom. The summed E-state index contributed by atoms with van der Waals surface area (Å²) >= 11 is 0. The van der Waals surface area contributed by atoms with Crippen molar-refractivity contribution in [2.75, 3.05) is 12.0 Å². The van der Waals surface area contributed by atoms with Crippen LogP contribution in [-0.2, 0) is 33.4 Å². The van der Waals surface area contributed by atoms with Crippen molar-refractivity contribution >= 4 is 5.82 Å². The number of pyridine rings is 1. The summed E-state index contributed by atoms with van der Waals surface area (Å²) in [5, 5.41) is 4.80. The SMILES string of the molecule is COc1ncnc(C2CC2)c1-c1nn(C)c2c1CN(c1ccc(-c3nc(C(F)(F)F)cn3C)cn1)C2. The maximum atomic E-state index is 13.1. The van der Waals surface area contributed by atoms with E-state index in [2.05, 4.69) is 24.8 Å². The fourth-order valence-corrected chi connectivity index (χ4v) is 4.76. The lowest BCUT2D eigenvalue weighted by atomic mass is 10.0. The highest BCUT2D eigenvalue weighted by atomic mass is 19.4. The first-order valence-corrected chi connectivity index (χ1v) is 11.5. The Morgan fingerprint density at radius 1 is 1.06 bits per heavy atom. The maximum absolute atomic E-state index is 13.1. The highest BCUT2D eigenvalue weighted by Gasteiger charge is 2.36. The topological polar surface area (TPSA) is 86.8 Å². The van der Waals surface area contributed by atoms with Crippen LogP contribution >= 0.6 is 0 Å². The molecule has 4 aromatic rings. The predicted octanol–water partition coefficient (Wildman–Crippen LogP) is 4.10. The molecule has 12 heteroatoms. The molecule has 186 valence electrons.